The monoisotopic (exact) mass is 335 g/mol. The van der Waals surface area contributed by atoms with Gasteiger partial charge >= 0.3 is 0 Å². The zero-order valence-electron chi connectivity index (χ0n) is 14.8. The molecule has 4 rings (SSSR count). The number of amides is 1. The summed E-state index contributed by atoms with van der Waals surface area (Å²) in [6.45, 7) is 4.46. The van der Waals surface area contributed by atoms with Crippen LogP contribution in [0.5, 0.6) is 0 Å². The first-order valence-corrected chi connectivity index (χ1v) is 10.1. The Morgan fingerprint density at radius 3 is 2.50 bits per heavy atom. The predicted octanol–water partition coefficient (Wildman–Crippen LogP) is 1.51. The minimum absolute atomic E-state index is 0.0640. The Balaban J connectivity index is 1.40. The van der Waals surface area contributed by atoms with Crippen molar-refractivity contribution in [2.24, 2.45) is 23.5 Å². The van der Waals surface area contributed by atoms with Gasteiger partial charge in [0.2, 0.25) is 5.91 Å². The average molecular weight is 335 g/mol. The third-order valence-corrected chi connectivity index (χ3v) is 7.34. The molecule has 4 atom stereocenters. The quantitative estimate of drug-likeness (QED) is 0.817. The number of fused-ring (bicyclic) bond motifs is 2. The molecule has 5 nitrogen and oxygen atoms in total. The SMILES string of the molecule is NC1C2CCC(C2)C1C(=O)NCC1(N2CCOCC2)CCCCC1. The molecule has 0 radical (unpaired) electrons. The number of ether oxygens (including phenoxy) is 1. The van der Waals surface area contributed by atoms with E-state index in [4.69, 9.17) is 10.5 Å². The third-order valence-electron chi connectivity index (χ3n) is 7.34. The van der Waals surface area contributed by atoms with E-state index in [2.05, 4.69) is 10.2 Å². The van der Waals surface area contributed by atoms with Crippen LogP contribution < -0.4 is 11.1 Å². The van der Waals surface area contributed by atoms with Crippen LogP contribution in [0.1, 0.15) is 51.4 Å². The summed E-state index contributed by atoms with van der Waals surface area (Å²) in [7, 11) is 0. The maximum Gasteiger partial charge on any atom is 0.225 e. The van der Waals surface area contributed by atoms with Gasteiger partial charge in [0.15, 0.2) is 0 Å². The van der Waals surface area contributed by atoms with Gasteiger partial charge in [-0.3, -0.25) is 9.69 Å². The zero-order valence-corrected chi connectivity index (χ0v) is 14.8. The Morgan fingerprint density at radius 2 is 1.83 bits per heavy atom. The molecule has 2 bridgehead atoms. The highest BCUT2D eigenvalue weighted by Crippen LogP contribution is 2.47. The van der Waals surface area contributed by atoms with Gasteiger partial charge in [-0.05, 0) is 43.9 Å². The van der Waals surface area contributed by atoms with E-state index in [0.717, 1.165) is 32.8 Å². The van der Waals surface area contributed by atoms with Crippen molar-refractivity contribution < 1.29 is 9.53 Å². The van der Waals surface area contributed by atoms with Crippen molar-refractivity contribution >= 4 is 5.91 Å². The summed E-state index contributed by atoms with van der Waals surface area (Å²) in [5.41, 5.74) is 6.51. The average Bonchev–Trinajstić information content (AvgIpc) is 3.22. The van der Waals surface area contributed by atoms with Crippen molar-refractivity contribution in [3.8, 4) is 0 Å². The molecule has 4 aliphatic rings. The Hall–Kier alpha value is -0.650. The molecular weight excluding hydrogens is 302 g/mol. The van der Waals surface area contributed by atoms with Crippen molar-refractivity contribution in [1.29, 1.82) is 0 Å². The molecule has 3 N–H and O–H groups in total. The molecule has 3 aliphatic carbocycles. The topological polar surface area (TPSA) is 67.6 Å². The molecule has 136 valence electrons. The molecule has 4 fully saturated rings. The number of hydrogen-bond donors (Lipinski definition) is 2. The molecule has 0 aromatic carbocycles. The fourth-order valence-electron chi connectivity index (χ4n) is 5.95. The highest BCUT2D eigenvalue weighted by Gasteiger charge is 2.49. The molecule has 4 unspecified atom stereocenters. The number of rotatable bonds is 4. The van der Waals surface area contributed by atoms with Gasteiger partial charge in [0, 0.05) is 31.2 Å². The second-order valence-corrected chi connectivity index (χ2v) is 8.54. The summed E-state index contributed by atoms with van der Waals surface area (Å²) in [6, 6.07) is 0.0921. The lowest BCUT2D eigenvalue weighted by Gasteiger charge is -2.48. The van der Waals surface area contributed by atoms with Crippen LogP contribution in [0, 0.1) is 17.8 Å². The maximum atomic E-state index is 12.9. The van der Waals surface area contributed by atoms with E-state index in [0.29, 0.717) is 11.8 Å². The van der Waals surface area contributed by atoms with Crippen molar-refractivity contribution in [1.82, 2.24) is 10.2 Å². The highest BCUT2D eigenvalue weighted by atomic mass is 16.5. The first-order chi connectivity index (χ1) is 11.7. The summed E-state index contributed by atoms with van der Waals surface area (Å²) in [5, 5.41) is 3.35. The third kappa shape index (κ3) is 2.99. The number of nitrogens with zero attached hydrogens (tertiary/aromatic N) is 1. The lowest BCUT2D eigenvalue weighted by molar-refractivity contribution is -0.128. The van der Waals surface area contributed by atoms with Crippen LogP contribution in [0.15, 0.2) is 0 Å². The minimum Gasteiger partial charge on any atom is -0.379 e. The molecule has 5 heteroatoms. The smallest absolute Gasteiger partial charge is 0.225 e. The molecule has 3 saturated carbocycles. The van der Waals surface area contributed by atoms with Crippen LogP contribution in [0.3, 0.4) is 0 Å². The number of hydrogen-bond acceptors (Lipinski definition) is 4. The second-order valence-electron chi connectivity index (χ2n) is 8.54. The Bertz CT molecular complexity index is 456. The van der Waals surface area contributed by atoms with E-state index in [-0.39, 0.29) is 23.4 Å². The van der Waals surface area contributed by atoms with Gasteiger partial charge in [-0.1, -0.05) is 19.3 Å². The van der Waals surface area contributed by atoms with Gasteiger partial charge < -0.3 is 15.8 Å². The fourth-order valence-corrected chi connectivity index (χ4v) is 5.95. The van der Waals surface area contributed by atoms with E-state index in [1.807, 2.05) is 0 Å². The summed E-state index contributed by atoms with van der Waals surface area (Å²) in [6.07, 6.45) is 9.90. The summed E-state index contributed by atoms with van der Waals surface area (Å²) in [5.74, 6) is 1.42. The van der Waals surface area contributed by atoms with Crippen LogP contribution in [0.2, 0.25) is 0 Å². The number of morpholine rings is 1. The van der Waals surface area contributed by atoms with Crippen LogP contribution in [-0.2, 0) is 9.53 Å². The fraction of sp³-hybridized carbons (Fsp3) is 0.947. The molecule has 1 saturated heterocycles. The van der Waals surface area contributed by atoms with Gasteiger partial charge in [-0.15, -0.1) is 0 Å². The van der Waals surface area contributed by atoms with Crippen LogP contribution >= 0.6 is 0 Å². The maximum absolute atomic E-state index is 12.9. The molecule has 0 spiro atoms. The van der Waals surface area contributed by atoms with Gasteiger partial charge in [0.1, 0.15) is 0 Å². The van der Waals surface area contributed by atoms with E-state index in [1.165, 1.54) is 51.4 Å². The number of nitrogens with two attached hydrogens (primary N) is 1. The summed E-state index contributed by atoms with van der Waals surface area (Å²) >= 11 is 0. The van der Waals surface area contributed by atoms with E-state index in [9.17, 15) is 4.79 Å². The minimum atomic E-state index is 0.0640. The molecule has 1 aliphatic heterocycles. The van der Waals surface area contributed by atoms with Gasteiger partial charge in [0.25, 0.3) is 0 Å². The Labute approximate surface area is 145 Å². The van der Waals surface area contributed by atoms with Crippen molar-refractivity contribution in [3.05, 3.63) is 0 Å². The molecule has 0 aromatic rings. The predicted molar refractivity (Wildman–Crippen MR) is 93.5 cm³/mol. The lowest BCUT2D eigenvalue weighted by Crippen LogP contribution is -2.60. The molecule has 0 aromatic heterocycles. The zero-order chi connectivity index (χ0) is 16.6. The number of nitrogens with one attached hydrogen (secondary N) is 1. The van der Waals surface area contributed by atoms with Crippen molar-refractivity contribution in [2.75, 3.05) is 32.8 Å². The Kier molecular flexibility index (Phi) is 4.85. The first kappa shape index (κ1) is 16.8. The normalized spacial score (nSPS) is 39.0. The van der Waals surface area contributed by atoms with Gasteiger partial charge in [0.05, 0.1) is 19.1 Å². The summed E-state index contributed by atoms with van der Waals surface area (Å²) in [4.78, 5) is 15.5. The number of carbonyl (C=O) groups excluding carboxylic acids is 1. The summed E-state index contributed by atoms with van der Waals surface area (Å²) < 4.78 is 5.54. The van der Waals surface area contributed by atoms with E-state index >= 15 is 0 Å². The lowest BCUT2D eigenvalue weighted by atomic mass is 9.79. The van der Waals surface area contributed by atoms with Crippen LogP contribution in [-0.4, -0.2) is 55.2 Å². The standard InChI is InChI=1S/C19H33N3O2/c20-17-15-5-4-14(12-15)16(17)18(23)21-13-19(6-2-1-3-7-19)22-8-10-24-11-9-22/h14-17H,1-13,20H2,(H,21,23). The van der Waals surface area contributed by atoms with Gasteiger partial charge in [-0.2, -0.15) is 0 Å². The van der Waals surface area contributed by atoms with Crippen molar-refractivity contribution in [2.45, 2.75) is 62.9 Å². The van der Waals surface area contributed by atoms with E-state index < -0.39 is 0 Å². The molecular formula is C19H33N3O2. The van der Waals surface area contributed by atoms with E-state index in [1.54, 1.807) is 0 Å². The second kappa shape index (κ2) is 6.93. The Morgan fingerprint density at radius 1 is 1.12 bits per heavy atom. The first-order valence-electron chi connectivity index (χ1n) is 10.1. The number of carbonyl (C=O) groups is 1. The highest BCUT2D eigenvalue weighted by molar-refractivity contribution is 5.80. The molecule has 1 amide bonds. The van der Waals surface area contributed by atoms with Crippen LogP contribution in [0.4, 0.5) is 0 Å². The van der Waals surface area contributed by atoms with Crippen molar-refractivity contribution in [3.63, 3.8) is 0 Å². The molecule has 1 heterocycles. The van der Waals surface area contributed by atoms with Gasteiger partial charge in [-0.25, -0.2) is 0 Å². The largest absolute Gasteiger partial charge is 0.379 e. The molecule has 24 heavy (non-hydrogen) atoms. The van der Waals surface area contributed by atoms with Crippen LogP contribution in [0.25, 0.3) is 0 Å².